The second-order valence-electron chi connectivity index (χ2n) is 9.66. The van der Waals surface area contributed by atoms with Crippen LogP contribution in [-0.4, -0.2) is 78.9 Å². The number of halogens is 1. The third-order valence-electron chi connectivity index (χ3n) is 7.18. The fourth-order valence-corrected chi connectivity index (χ4v) is 5.28. The summed E-state index contributed by atoms with van der Waals surface area (Å²) in [5.74, 6) is -1.60. The van der Waals surface area contributed by atoms with E-state index in [-0.39, 0.29) is 23.6 Å². The number of hydrogen-bond donors (Lipinski definition) is 1. The van der Waals surface area contributed by atoms with Crippen molar-refractivity contribution in [2.24, 2.45) is 0 Å². The average Bonchev–Trinajstić information content (AvgIpc) is 3.50. The van der Waals surface area contributed by atoms with Gasteiger partial charge >= 0.3 is 11.9 Å². The van der Waals surface area contributed by atoms with Crippen molar-refractivity contribution in [2.45, 2.75) is 57.4 Å². The van der Waals surface area contributed by atoms with E-state index in [0.717, 1.165) is 49.9 Å². The Hall–Kier alpha value is -3.34. The molecule has 2 aliphatic rings. The molecule has 2 saturated heterocycles. The number of fused-ring (bicyclic) bond motifs is 1. The van der Waals surface area contributed by atoms with E-state index in [4.69, 9.17) is 9.63 Å². The second kappa shape index (κ2) is 9.37. The van der Waals surface area contributed by atoms with Gasteiger partial charge in [-0.05, 0) is 55.9 Å². The van der Waals surface area contributed by atoms with Gasteiger partial charge in [0.25, 0.3) is 5.95 Å². The van der Waals surface area contributed by atoms with Crippen LogP contribution in [0.1, 0.15) is 63.0 Å². The van der Waals surface area contributed by atoms with E-state index in [9.17, 15) is 14.0 Å². The van der Waals surface area contributed by atoms with Crippen molar-refractivity contribution in [3.8, 4) is 5.95 Å². The first-order chi connectivity index (χ1) is 16.8. The zero-order valence-corrected chi connectivity index (χ0v) is 19.9. The van der Waals surface area contributed by atoms with Gasteiger partial charge in [0.05, 0.1) is 5.69 Å². The van der Waals surface area contributed by atoms with Crippen LogP contribution in [0, 0.1) is 5.82 Å². The number of amides is 1. The normalized spacial score (nSPS) is 18.6. The molecule has 2 aromatic heterocycles. The number of carboxylic acid groups (broad SMARTS) is 1. The van der Waals surface area contributed by atoms with Gasteiger partial charge in [-0.2, -0.15) is 14.8 Å². The fraction of sp³-hybridized carbons (Fsp3) is 0.542. The number of benzene rings is 1. The summed E-state index contributed by atoms with van der Waals surface area (Å²) >= 11 is 0. The van der Waals surface area contributed by atoms with Crippen molar-refractivity contribution in [3.05, 3.63) is 35.6 Å². The highest BCUT2D eigenvalue weighted by Crippen LogP contribution is 2.32. The van der Waals surface area contributed by atoms with Crippen LogP contribution in [0.4, 0.5) is 4.39 Å². The number of hydrogen-bond acceptors (Lipinski definition) is 7. The van der Waals surface area contributed by atoms with Gasteiger partial charge in [-0.15, -0.1) is 0 Å². The van der Waals surface area contributed by atoms with Crippen LogP contribution in [0.2, 0.25) is 0 Å². The van der Waals surface area contributed by atoms with Gasteiger partial charge in [0.2, 0.25) is 5.89 Å². The lowest BCUT2D eigenvalue weighted by atomic mass is 9.93. The molecule has 2 aliphatic heterocycles. The smallest absolute Gasteiger partial charge is 0.394 e. The van der Waals surface area contributed by atoms with Crippen LogP contribution >= 0.6 is 0 Å². The van der Waals surface area contributed by atoms with Crippen molar-refractivity contribution < 1.29 is 23.6 Å². The Kier molecular flexibility index (Phi) is 6.26. The van der Waals surface area contributed by atoms with E-state index in [0.29, 0.717) is 30.5 Å². The third-order valence-corrected chi connectivity index (χ3v) is 7.18. The van der Waals surface area contributed by atoms with Crippen LogP contribution in [0.25, 0.3) is 16.9 Å². The maximum atomic E-state index is 14.7. The van der Waals surface area contributed by atoms with E-state index in [1.165, 1.54) is 15.6 Å². The van der Waals surface area contributed by atoms with Crippen LogP contribution in [-0.2, 0) is 9.59 Å². The first kappa shape index (κ1) is 23.4. The molecule has 0 saturated carbocycles. The number of carboxylic acids is 1. The molecular weight excluding hydrogens is 455 g/mol. The molecule has 0 radical (unpaired) electrons. The van der Waals surface area contributed by atoms with E-state index in [1.807, 2.05) is 19.9 Å². The van der Waals surface area contributed by atoms with Crippen LogP contribution in [0.5, 0.6) is 0 Å². The summed E-state index contributed by atoms with van der Waals surface area (Å²) in [6.07, 6.45) is 3.23. The Bertz CT molecular complexity index is 1240. The summed E-state index contributed by atoms with van der Waals surface area (Å²) in [5.41, 5.74) is 1.14. The topological polar surface area (TPSA) is 118 Å². The number of nitrogens with zero attached hydrogens (tertiary/aromatic N) is 6. The van der Waals surface area contributed by atoms with E-state index in [1.54, 1.807) is 6.07 Å². The molecule has 0 bridgehead atoms. The summed E-state index contributed by atoms with van der Waals surface area (Å²) in [5, 5.41) is 18.4. The number of aliphatic carboxylic acids is 1. The molecule has 1 aromatic carbocycles. The monoisotopic (exact) mass is 484 g/mol. The standard InChI is InChI=1S/C24H29FN6O4/c1-14(2)19-17-4-3-5-18(25)20(17)31(27-19)24-26-21(35-28-24)15-6-10-29(11-7-15)16-8-12-30(13-9-16)22(32)23(33)34/h3-5,14-16H,6-13H2,1-2H3,(H,33,34). The quantitative estimate of drug-likeness (QED) is 0.562. The predicted octanol–water partition coefficient (Wildman–Crippen LogP) is 2.93. The molecule has 3 aromatic rings. The lowest BCUT2D eigenvalue weighted by Gasteiger charge is -2.41. The SMILES string of the molecule is CC(C)c1nn(-c2noc(C3CCN(C4CCN(C(=O)C(=O)O)CC4)CC3)n2)c2c(F)cccc12. The third kappa shape index (κ3) is 4.40. The Balaban J connectivity index is 1.25. The minimum Gasteiger partial charge on any atom is -0.474 e. The van der Waals surface area contributed by atoms with Gasteiger partial charge in [-0.25, -0.2) is 9.18 Å². The van der Waals surface area contributed by atoms with Gasteiger partial charge in [0.1, 0.15) is 11.3 Å². The van der Waals surface area contributed by atoms with E-state index < -0.39 is 11.9 Å². The summed E-state index contributed by atoms with van der Waals surface area (Å²) in [6.45, 7) is 6.68. The molecule has 0 unspecified atom stereocenters. The van der Waals surface area contributed by atoms with Gasteiger partial charge in [-0.1, -0.05) is 26.0 Å². The van der Waals surface area contributed by atoms with Crippen molar-refractivity contribution in [2.75, 3.05) is 26.2 Å². The highest BCUT2D eigenvalue weighted by atomic mass is 19.1. The molecule has 1 amide bonds. The van der Waals surface area contributed by atoms with Crippen molar-refractivity contribution in [3.63, 3.8) is 0 Å². The van der Waals surface area contributed by atoms with Crippen LogP contribution in [0.15, 0.2) is 22.7 Å². The van der Waals surface area contributed by atoms with E-state index in [2.05, 4.69) is 20.1 Å². The summed E-state index contributed by atoms with van der Waals surface area (Å²) in [7, 11) is 0. The molecule has 0 atom stereocenters. The number of aromatic nitrogens is 4. The highest BCUT2D eigenvalue weighted by molar-refractivity contribution is 6.31. The van der Waals surface area contributed by atoms with E-state index >= 15 is 0 Å². The Morgan fingerprint density at radius 1 is 1.11 bits per heavy atom. The largest absolute Gasteiger partial charge is 0.474 e. The zero-order valence-electron chi connectivity index (χ0n) is 19.9. The number of para-hydroxylation sites is 1. The van der Waals surface area contributed by atoms with Gasteiger partial charge < -0.3 is 19.4 Å². The number of carbonyl (C=O) groups excluding carboxylic acids is 1. The van der Waals surface area contributed by atoms with Gasteiger partial charge in [-0.3, -0.25) is 4.79 Å². The zero-order chi connectivity index (χ0) is 24.7. The van der Waals surface area contributed by atoms with Crippen molar-refractivity contribution >= 4 is 22.8 Å². The Morgan fingerprint density at radius 3 is 2.49 bits per heavy atom. The number of likely N-dealkylation sites (tertiary alicyclic amines) is 2. The molecule has 0 spiro atoms. The fourth-order valence-electron chi connectivity index (χ4n) is 5.28. The lowest BCUT2D eigenvalue weighted by molar-refractivity contribution is -0.156. The van der Waals surface area contributed by atoms with Gasteiger partial charge in [0, 0.05) is 30.4 Å². The summed E-state index contributed by atoms with van der Waals surface area (Å²) in [6, 6.07) is 5.28. The van der Waals surface area contributed by atoms with Crippen molar-refractivity contribution in [1.29, 1.82) is 0 Å². The first-order valence-electron chi connectivity index (χ1n) is 12.1. The van der Waals surface area contributed by atoms with Gasteiger partial charge in [0.15, 0.2) is 0 Å². The molecule has 5 rings (SSSR count). The first-order valence-corrected chi connectivity index (χ1v) is 12.1. The highest BCUT2D eigenvalue weighted by Gasteiger charge is 2.33. The average molecular weight is 485 g/mol. The molecule has 0 aliphatic carbocycles. The molecule has 11 heteroatoms. The van der Waals surface area contributed by atoms with Crippen LogP contribution in [0.3, 0.4) is 0 Å². The molecular formula is C24H29FN6O4. The maximum Gasteiger partial charge on any atom is 0.394 e. The predicted molar refractivity (Wildman–Crippen MR) is 124 cm³/mol. The Morgan fingerprint density at radius 2 is 1.83 bits per heavy atom. The number of rotatable bonds is 4. The number of carbonyl (C=O) groups is 2. The Labute approximate surface area is 201 Å². The summed E-state index contributed by atoms with van der Waals surface area (Å²) in [4.78, 5) is 31.0. The maximum absolute atomic E-state index is 14.7. The minimum atomic E-state index is -1.39. The lowest BCUT2D eigenvalue weighted by Crippen LogP contribution is -2.50. The molecule has 1 N–H and O–H groups in total. The molecule has 35 heavy (non-hydrogen) atoms. The number of piperidine rings is 2. The van der Waals surface area contributed by atoms with Crippen molar-refractivity contribution in [1.82, 2.24) is 29.7 Å². The molecule has 10 nitrogen and oxygen atoms in total. The minimum absolute atomic E-state index is 0.109. The summed E-state index contributed by atoms with van der Waals surface area (Å²) < 4.78 is 21.7. The van der Waals surface area contributed by atoms with Crippen LogP contribution < -0.4 is 0 Å². The second-order valence-corrected chi connectivity index (χ2v) is 9.66. The molecule has 4 heterocycles. The molecule has 186 valence electrons. The molecule has 2 fully saturated rings.